The van der Waals surface area contributed by atoms with Gasteiger partial charge in [0.05, 0.1) is 38.0 Å². The highest BCUT2D eigenvalue weighted by atomic mass is 19.1. The average molecular weight is 340 g/mol. The Morgan fingerprint density at radius 2 is 1.79 bits per heavy atom. The summed E-state index contributed by atoms with van der Waals surface area (Å²) in [6.07, 6.45) is -0.812. The van der Waals surface area contributed by atoms with Gasteiger partial charge in [-0.15, -0.1) is 0 Å². The number of aromatic nitrogens is 1. The van der Waals surface area contributed by atoms with Crippen molar-refractivity contribution in [3.05, 3.63) is 35.3 Å². The molecule has 0 spiro atoms. The number of rotatable bonds is 8. The lowest BCUT2D eigenvalue weighted by molar-refractivity contribution is 0.0306. The van der Waals surface area contributed by atoms with Crippen molar-refractivity contribution in [2.75, 3.05) is 26.4 Å². The molecule has 134 valence electrons. The Morgan fingerprint density at radius 1 is 1.17 bits per heavy atom. The van der Waals surface area contributed by atoms with Crippen molar-refractivity contribution >= 4 is 10.9 Å². The Hall–Kier alpha value is -1.51. The van der Waals surface area contributed by atoms with Crippen LogP contribution < -0.4 is 5.32 Å². The van der Waals surface area contributed by atoms with Gasteiger partial charge in [-0.2, -0.15) is 0 Å². The molecule has 0 aliphatic rings. The number of benzene rings is 1. The molecule has 0 radical (unpaired) electrons. The molecular weight excluding hydrogens is 315 g/mol. The van der Waals surface area contributed by atoms with Crippen molar-refractivity contribution in [2.45, 2.75) is 32.0 Å². The van der Waals surface area contributed by atoms with Crippen molar-refractivity contribution < 1.29 is 24.8 Å². The van der Waals surface area contributed by atoms with Crippen LogP contribution >= 0.6 is 0 Å². The summed E-state index contributed by atoms with van der Waals surface area (Å²) in [7, 11) is 0. The maximum absolute atomic E-state index is 13.4. The molecule has 0 bridgehead atoms. The molecule has 0 aliphatic carbocycles. The summed E-state index contributed by atoms with van der Waals surface area (Å²) in [5.74, 6) is -0.302. The molecule has 1 atom stereocenters. The van der Waals surface area contributed by atoms with Crippen molar-refractivity contribution in [3.63, 3.8) is 0 Å². The Bertz CT molecular complexity index is 689. The number of nitrogens with zero attached hydrogens (tertiary/aromatic N) is 1. The van der Waals surface area contributed by atoms with Crippen LogP contribution in [0.3, 0.4) is 0 Å². The summed E-state index contributed by atoms with van der Waals surface area (Å²) in [6.45, 7) is 2.83. The lowest BCUT2D eigenvalue weighted by Gasteiger charge is -2.30. The summed E-state index contributed by atoms with van der Waals surface area (Å²) in [5, 5.41) is 41.8. The quantitative estimate of drug-likeness (QED) is 0.468. The lowest BCUT2D eigenvalue weighted by Crippen LogP contribution is -2.56. The standard InChI is InChI=1S/C17H25FN2O4/c1-11-12(2)20(16-4-3-13(18)5-15(11)16)7-14(24)6-19-17(8-21,9-22)10-23/h3-5,14,19,21-24H,6-10H2,1-2H3/t14-/m0/s1. The largest absolute Gasteiger partial charge is 0.394 e. The minimum atomic E-state index is -1.23. The Kier molecular flexibility index (Phi) is 5.95. The number of aliphatic hydroxyl groups excluding tert-OH is 4. The van der Waals surface area contributed by atoms with Gasteiger partial charge < -0.3 is 30.3 Å². The second-order valence-electron chi connectivity index (χ2n) is 6.27. The van der Waals surface area contributed by atoms with E-state index in [2.05, 4.69) is 5.32 Å². The number of aliphatic hydroxyl groups is 4. The second-order valence-corrected chi connectivity index (χ2v) is 6.27. The van der Waals surface area contributed by atoms with Gasteiger partial charge in [-0.1, -0.05) is 0 Å². The van der Waals surface area contributed by atoms with E-state index in [0.29, 0.717) is 0 Å². The summed E-state index contributed by atoms with van der Waals surface area (Å²) in [4.78, 5) is 0. The molecule has 24 heavy (non-hydrogen) atoms. The van der Waals surface area contributed by atoms with Crippen LogP contribution in [-0.4, -0.2) is 63.0 Å². The van der Waals surface area contributed by atoms with Gasteiger partial charge in [0.2, 0.25) is 0 Å². The normalized spacial score (nSPS) is 13.6. The molecule has 6 nitrogen and oxygen atoms in total. The highest BCUT2D eigenvalue weighted by Crippen LogP contribution is 2.26. The number of hydrogen-bond donors (Lipinski definition) is 5. The number of fused-ring (bicyclic) bond motifs is 1. The number of aryl methyl sites for hydroxylation is 1. The zero-order chi connectivity index (χ0) is 17.9. The molecule has 2 rings (SSSR count). The second kappa shape index (κ2) is 7.58. The van der Waals surface area contributed by atoms with E-state index in [-0.39, 0.29) is 18.9 Å². The molecule has 7 heteroatoms. The van der Waals surface area contributed by atoms with Gasteiger partial charge in [0.15, 0.2) is 0 Å². The minimum Gasteiger partial charge on any atom is -0.394 e. The number of nitrogens with one attached hydrogen (secondary N) is 1. The average Bonchev–Trinajstić information content (AvgIpc) is 2.81. The van der Waals surface area contributed by atoms with Crippen LogP contribution in [0.25, 0.3) is 10.9 Å². The van der Waals surface area contributed by atoms with Crippen LogP contribution in [0.5, 0.6) is 0 Å². The molecule has 0 amide bonds. The predicted molar refractivity (Wildman–Crippen MR) is 89.4 cm³/mol. The van der Waals surface area contributed by atoms with Crippen LogP contribution in [0.2, 0.25) is 0 Å². The molecule has 0 fully saturated rings. The van der Waals surface area contributed by atoms with E-state index < -0.39 is 31.5 Å². The fourth-order valence-corrected chi connectivity index (χ4v) is 2.78. The molecule has 1 aromatic carbocycles. The Morgan fingerprint density at radius 3 is 2.38 bits per heavy atom. The highest BCUT2D eigenvalue weighted by molar-refractivity contribution is 5.85. The first-order valence-electron chi connectivity index (χ1n) is 7.88. The SMILES string of the molecule is Cc1c(C)n(C[C@@H](O)CNC(CO)(CO)CO)c2ccc(F)cc12. The van der Waals surface area contributed by atoms with Crippen molar-refractivity contribution in [1.82, 2.24) is 9.88 Å². The van der Waals surface area contributed by atoms with E-state index in [1.165, 1.54) is 12.1 Å². The van der Waals surface area contributed by atoms with E-state index >= 15 is 0 Å². The van der Waals surface area contributed by atoms with Crippen LogP contribution in [-0.2, 0) is 6.54 Å². The van der Waals surface area contributed by atoms with Gasteiger partial charge in [0.25, 0.3) is 0 Å². The predicted octanol–water partition coefficient (Wildman–Crippen LogP) is 0.0634. The van der Waals surface area contributed by atoms with E-state index in [1.54, 1.807) is 6.07 Å². The summed E-state index contributed by atoms with van der Waals surface area (Å²) < 4.78 is 15.4. The number of β-amino-alcohol motifs (C(OH)–C–C–N with tert-alkyl or cyclic N) is 1. The molecule has 0 saturated heterocycles. The van der Waals surface area contributed by atoms with Crippen LogP contribution in [0.4, 0.5) is 4.39 Å². The van der Waals surface area contributed by atoms with Gasteiger partial charge in [0, 0.05) is 23.1 Å². The van der Waals surface area contributed by atoms with Gasteiger partial charge in [0.1, 0.15) is 5.82 Å². The number of halogens is 1. The summed E-state index contributed by atoms with van der Waals surface area (Å²) >= 11 is 0. The van der Waals surface area contributed by atoms with E-state index in [9.17, 15) is 24.8 Å². The summed E-state index contributed by atoms with van der Waals surface area (Å²) in [5.41, 5.74) is 1.50. The first-order valence-corrected chi connectivity index (χ1v) is 7.88. The van der Waals surface area contributed by atoms with Gasteiger partial charge in [-0.25, -0.2) is 4.39 Å². The van der Waals surface area contributed by atoms with Crippen molar-refractivity contribution in [1.29, 1.82) is 0 Å². The first-order chi connectivity index (χ1) is 11.4. The van der Waals surface area contributed by atoms with Crippen LogP contribution in [0.1, 0.15) is 11.3 Å². The van der Waals surface area contributed by atoms with E-state index in [4.69, 9.17) is 0 Å². The summed E-state index contributed by atoms with van der Waals surface area (Å²) in [6, 6.07) is 4.55. The van der Waals surface area contributed by atoms with E-state index in [0.717, 1.165) is 22.2 Å². The lowest BCUT2D eigenvalue weighted by atomic mass is 10.0. The first kappa shape index (κ1) is 18.8. The van der Waals surface area contributed by atoms with Crippen molar-refractivity contribution in [2.24, 2.45) is 0 Å². The number of hydrogen-bond acceptors (Lipinski definition) is 5. The Balaban J connectivity index is 2.16. The molecular formula is C17H25FN2O4. The fraction of sp³-hybridized carbons (Fsp3) is 0.529. The zero-order valence-corrected chi connectivity index (χ0v) is 14.0. The zero-order valence-electron chi connectivity index (χ0n) is 14.0. The van der Waals surface area contributed by atoms with Crippen LogP contribution in [0, 0.1) is 19.7 Å². The maximum Gasteiger partial charge on any atom is 0.123 e. The molecule has 0 unspecified atom stereocenters. The topological polar surface area (TPSA) is 97.9 Å². The maximum atomic E-state index is 13.4. The van der Waals surface area contributed by atoms with E-state index in [1.807, 2.05) is 18.4 Å². The van der Waals surface area contributed by atoms with Crippen LogP contribution in [0.15, 0.2) is 18.2 Å². The van der Waals surface area contributed by atoms with Gasteiger partial charge in [-0.3, -0.25) is 0 Å². The monoisotopic (exact) mass is 340 g/mol. The fourth-order valence-electron chi connectivity index (χ4n) is 2.78. The molecule has 1 heterocycles. The molecule has 1 aromatic heterocycles. The van der Waals surface area contributed by atoms with Gasteiger partial charge in [-0.05, 0) is 37.6 Å². The third-order valence-electron chi connectivity index (χ3n) is 4.61. The smallest absolute Gasteiger partial charge is 0.123 e. The third-order valence-corrected chi connectivity index (χ3v) is 4.61. The molecule has 0 aliphatic heterocycles. The Labute approximate surface area is 140 Å². The molecule has 5 N–H and O–H groups in total. The minimum absolute atomic E-state index is 0.0844. The third kappa shape index (κ3) is 3.60. The van der Waals surface area contributed by atoms with Crippen molar-refractivity contribution in [3.8, 4) is 0 Å². The molecule has 0 saturated carbocycles. The van der Waals surface area contributed by atoms with Gasteiger partial charge >= 0.3 is 0 Å². The molecule has 2 aromatic rings. The highest BCUT2D eigenvalue weighted by Gasteiger charge is 2.28.